The molecule has 0 aromatic carbocycles. The van der Waals surface area contributed by atoms with E-state index >= 15 is 0 Å². The van der Waals surface area contributed by atoms with Gasteiger partial charge in [0.15, 0.2) is 0 Å². The van der Waals surface area contributed by atoms with Gasteiger partial charge in [-0.2, -0.15) is 0 Å². The Hall–Kier alpha value is -2.14. The highest BCUT2D eigenvalue weighted by Crippen LogP contribution is 2.18. The van der Waals surface area contributed by atoms with E-state index in [2.05, 4.69) is 64.2 Å². The highest BCUT2D eigenvalue weighted by Gasteiger charge is 2.22. The van der Waals surface area contributed by atoms with Gasteiger partial charge in [0.05, 0.1) is 0 Å². The van der Waals surface area contributed by atoms with Gasteiger partial charge in [0.2, 0.25) is 0 Å². The average molecular weight is 325 g/mol. The van der Waals surface area contributed by atoms with Crippen molar-refractivity contribution in [2.24, 2.45) is 0 Å². The third-order valence-corrected chi connectivity index (χ3v) is 4.70. The Morgan fingerprint density at radius 3 is 2.79 bits per heavy atom. The molecule has 24 heavy (non-hydrogen) atoms. The lowest BCUT2D eigenvalue weighted by atomic mass is 10.2. The van der Waals surface area contributed by atoms with Crippen LogP contribution >= 0.6 is 0 Å². The molecule has 1 aliphatic rings. The fraction of sp³-hybridized carbons (Fsp3) is 0.474. The van der Waals surface area contributed by atoms with Gasteiger partial charge in [-0.15, -0.1) is 0 Å². The second-order valence-electron chi connectivity index (χ2n) is 6.73. The van der Waals surface area contributed by atoms with Crippen molar-refractivity contribution in [2.75, 3.05) is 29.9 Å². The monoisotopic (exact) mass is 325 g/mol. The molecule has 0 aliphatic carbocycles. The van der Waals surface area contributed by atoms with Crippen molar-refractivity contribution in [3.8, 4) is 0 Å². The first-order valence-electron chi connectivity index (χ1n) is 8.70. The molecule has 0 radical (unpaired) electrons. The summed E-state index contributed by atoms with van der Waals surface area (Å²) in [5.74, 6) is 2.10. The highest BCUT2D eigenvalue weighted by atomic mass is 15.2. The van der Waals surface area contributed by atoms with E-state index in [0.29, 0.717) is 12.1 Å². The van der Waals surface area contributed by atoms with E-state index in [1.807, 2.05) is 24.5 Å². The van der Waals surface area contributed by atoms with Crippen LogP contribution in [-0.4, -0.2) is 42.2 Å². The maximum atomic E-state index is 4.57. The largest absolute Gasteiger partial charge is 0.357 e. The van der Waals surface area contributed by atoms with Crippen LogP contribution in [0.1, 0.15) is 25.8 Å². The minimum absolute atomic E-state index is 0.456. The number of hydrogen-bond donors (Lipinski definition) is 1. The van der Waals surface area contributed by atoms with E-state index in [-0.39, 0.29) is 0 Å². The van der Waals surface area contributed by atoms with Crippen molar-refractivity contribution in [1.29, 1.82) is 0 Å². The van der Waals surface area contributed by atoms with Crippen molar-refractivity contribution in [3.05, 3.63) is 48.3 Å². The third kappa shape index (κ3) is 4.03. The molecule has 1 unspecified atom stereocenters. The number of nitrogens with one attached hydrogen (secondary N) is 1. The van der Waals surface area contributed by atoms with Crippen molar-refractivity contribution in [3.63, 3.8) is 0 Å². The zero-order valence-electron chi connectivity index (χ0n) is 14.8. The van der Waals surface area contributed by atoms with E-state index in [1.54, 1.807) is 0 Å². The third-order valence-electron chi connectivity index (χ3n) is 4.70. The molecule has 1 atom stereocenters. The van der Waals surface area contributed by atoms with E-state index in [9.17, 15) is 0 Å². The number of rotatable bonds is 6. The van der Waals surface area contributed by atoms with Gasteiger partial charge >= 0.3 is 0 Å². The summed E-state index contributed by atoms with van der Waals surface area (Å²) >= 11 is 0. The van der Waals surface area contributed by atoms with Crippen molar-refractivity contribution >= 4 is 11.6 Å². The molecular formula is C19H27N5. The van der Waals surface area contributed by atoms with Crippen LogP contribution in [0, 0.1) is 0 Å². The van der Waals surface area contributed by atoms with Crippen LogP contribution in [-0.2, 0) is 6.54 Å². The summed E-state index contributed by atoms with van der Waals surface area (Å²) in [6.45, 7) is 7.28. The topological polar surface area (TPSA) is 44.3 Å². The summed E-state index contributed by atoms with van der Waals surface area (Å²) in [6, 6.07) is 11.3. The SMILES string of the molecule is CC(C)N(C)c1ccc(CNC2CCN(c3ccccn3)C2)cn1. The minimum atomic E-state index is 0.456. The van der Waals surface area contributed by atoms with Gasteiger partial charge in [-0.1, -0.05) is 12.1 Å². The quantitative estimate of drug-likeness (QED) is 0.885. The first-order valence-corrected chi connectivity index (χ1v) is 8.70. The maximum Gasteiger partial charge on any atom is 0.128 e. The van der Waals surface area contributed by atoms with E-state index < -0.39 is 0 Å². The zero-order valence-corrected chi connectivity index (χ0v) is 14.8. The summed E-state index contributed by atoms with van der Waals surface area (Å²) in [5, 5.41) is 3.65. The number of nitrogens with zero attached hydrogens (tertiary/aromatic N) is 4. The first kappa shape index (κ1) is 16.7. The Balaban J connectivity index is 1.50. The fourth-order valence-electron chi connectivity index (χ4n) is 2.93. The Morgan fingerprint density at radius 2 is 2.12 bits per heavy atom. The smallest absolute Gasteiger partial charge is 0.128 e. The predicted molar refractivity (Wildman–Crippen MR) is 99.5 cm³/mol. The molecule has 3 rings (SSSR count). The van der Waals surface area contributed by atoms with E-state index in [1.165, 1.54) is 5.56 Å². The molecule has 5 nitrogen and oxygen atoms in total. The lowest BCUT2D eigenvalue weighted by Gasteiger charge is -2.22. The van der Waals surface area contributed by atoms with Crippen LogP contribution in [0.25, 0.3) is 0 Å². The fourth-order valence-corrected chi connectivity index (χ4v) is 2.93. The summed E-state index contributed by atoms with van der Waals surface area (Å²) in [7, 11) is 2.08. The zero-order chi connectivity index (χ0) is 16.9. The van der Waals surface area contributed by atoms with Crippen LogP contribution in [0.5, 0.6) is 0 Å². The van der Waals surface area contributed by atoms with Gasteiger partial charge < -0.3 is 15.1 Å². The summed E-state index contributed by atoms with van der Waals surface area (Å²) in [5.41, 5.74) is 1.23. The van der Waals surface area contributed by atoms with Crippen molar-refractivity contribution < 1.29 is 0 Å². The van der Waals surface area contributed by atoms with Crippen LogP contribution in [0.2, 0.25) is 0 Å². The Bertz CT molecular complexity index is 626. The lowest BCUT2D eigenvalue weighted by Crippen LogP contribution is -2.32. The number of pyridine rings is 2. The molecule has 1 N–H and O–H groups in total. The molecule has 0 spiro atoms. The van der Waals surface area contributed by atoms with Crippen molar-refractivity contribution in [1.82, 2.24) is 15.3 Å². The van der Waals surface area contributed by atoms with Crippen LogP contribution < -0.4 is 15.1 Å². The highest BCUT2D eigenvalue weighted by molar-refractivity contribution is 5.40. The summed E-state index contributed by atoms with van der Waals surface area (Å²) < 4.78 is 0. The van der Waals surface area contributed by atoms with Gasteiger partial charge in [0.25, 0.3) is 0 Å². The van der Waals surface area contributed by atoms with Crippen LogP contribution in [0.4, 0.5) is 11.6 Å². The minimum Gasteiger partial charge on any atom is -0.357 e. The summed E-state index contributed by atoms with van der Waals surface area (Å²) in [6.07, 6.45) is 4.99. The molecule has 1 fully saturated rings. The molecule has 0 saturated carbocycles. The molecule has 1 aliphatic heterocycles. The van der Waals surface area contributed by atoms with Crippen LogP contribution in [0.3, 0.4) is 0 Å². The molecule has 2 aromatic heterocycles. The lowest BCUT2D eigenvalue weighted by molar-refractivity contribution is 0.550. The molecule has 1 saturated heterocycles. The Kier molecular flexibility index (Phi) is 5.30. The van der Waals surface area contributed by atoms with Crippen LogP contribution in [0.15, 0.2) is 42.7 Å². The predicted octanol–water partition coefficient (Wildman–Crippen LogP) is 2.69. The maximum absolute atomic E-state index is 4.57. The Morgan fingerprint density at radius 1 is 1.25 bits per heavy atom. The van der Waals surface area contributed by atoms with Gasteiger partial charge in [0, 0.05) is 51.2 Å². The van der Waals surface area contributed by atoms with Gasteiger partial charge in [-0.05, 0) is 44.0 Å². The van der Waals surface area contributed by atoms with E-state index in [4.69, 9.17) is 0 Å². The molecular weight excluding hydrogens is 298 g/mol. The molecule has 5 heteroatoms. The average Bonchev–Trinajstić information content (AvgIpc) is 3.09. The number of hydrogen-bond acceptors (Lipinski definition) is 5. The van der Waals surface area contributed by atoms with E-state index in [0.717, 1.165) is 37.7 Å². The summed E-state index contributed by atoms with van der Waals surface area (Å²) in [4.78, 5) is 13.5. The number of aromatic nitrogens is 2. The second kappa shape index (κ2) is 7.62. The molecule has 0 bridgehead atoms. The first-order chi connectivity index (χ1) is 11.6. The van der Waals surface area contributed by atoms with Gasteiger partial charge in [-0.3, -0.25) is 0 Å². The van der Waals surface area contributed by atoms with Gasteiger partial charge in [-0.25, -0.2) is 9.97 Å². The Labute approximate surface area is 144 Å². The molecule has 3 heterocycles. The standard InChI is InChI=1S/C19H27N5/c1-15(2)23(3)18-8-7-16(13-22-18)12-21-17-9-11-24(14-17)19-6-4-5-10-20-19/h4-8,10,13,15,17,21H,9,11-12,14H2,1-3H3. The molecule has 128 valence electrons. The number of anilines is 2. The molecule has 2 aromatic rings. The van der Waals surface area contributed by atoms with Crippen molar-refractivity contribution in [2.45, 2.75) is 38.9 Å². The normalized spacial score (nSPS) is 17.5. The molecule has 0 amide bonds. The second-order valence-corrected chi connectivity index (χ2v) is 6.73. The van der Waals surface area contributed by atoms with Gasteiger partial charge in [0.1, 0.15) is 11.6 Å².